The molecular formula is C6H8N2. The van der Waals surface area contributed by atoms with Gasteiger partial charge >= 0.3 is 0 Å². The van der Waals surface area contributed by atoms with Crippen molar-refractivity contribution in [3.8, 4) is 0 Å². The summed E-state index contributed by atoms with van der Waals surface area (Å²) in [6.45, 7) is 2.59. The molecule has 0 amide bonds. The van der Waals surface area contributed by atoms with Gasteiger partial charge in [-0.05, 0) is 19.1 Å². The predicted octanol–water partition coefficient (Wildman–Crippen LogP) is 0.675. The molecule has 0 aliphatic carbocycles. The van der Waals surface area contributed by atoms with Crippen LogP contribution in [0, 0.1) is 0 Å². The number of allylic oxidation sites excluding steroid dienone is 2. The van der Waals surface area contributed by atoms with E-state index in [4.69, 9.17) is 5.73 Å². The van der Waals surface area contributed by atoms with Gasteiger partial charge in [-0.3, -0.25) is 5.32 Å². The molecule has 0 aromatic carbocycles. The van der Waals surface area contributed by atoms with Gasteiger partial charge in [0.05, 0.1) is 12.2 Å². The second-order valence-electron chi connectivity index (χ2n) is 1.79. The van der Waals surface area contributed by atoms with Crippen LogP contribution in [0.3, 0.4) is 0 Å². The molecule has 0 aromatic heterocycles. The van der Waals surface area contributed by atoms with E-state index in [1.165, 1.54) is 0 Å². The zero-order chi connectivity index (χ0) is 5.98. The van der Waals surface area contributed by atoms with Gasteiger partial charge in [0.1, 0.15) is 0 Å². The van der Waals surface area contributed by atoms with Crippen molar-refractivity contribution >= 4 is 0 Å². The van der Waals surface area contributed by atoms with Crippen molar-refractivity contribution in [3.05, 3.63) is 23.5 Å². The van der Waals surface area contributed by atoms with E-state index >= 15 is 0 Å². The summed E-state index contributed by atoms with van der Waals surface area (Å²) in [7, 11) is 0. The van der Waals surface area contributed by atoms with E-state index in [0.29, 0.717) is 12.2 Å². The molecule has 0 saturated carbocycles. The molecule has 2 radical (unpaired) electrons. The normalized spacial score (nSPS) is 18.6. The molecule has 1 rings (SSSR count). The van der Waals surface area contributed by atoms with Gasteiger partial charge in [0, 0.05) is 5.70 Å². The first-order valence-corrected chi connectivity index (χ1v) is 2.56. The lowest BCUT2D eigenvalue weighted by Crippen LogP contribution is -2.07. The summed E-state index contributed by atoms with van der Waals surface area (Å²) < 4.78 is 0. The molecule has 0 spiro atoms. The van der Waals surface area contributed by atoms with Crippen LogP contribution in [-0.4, -0.2) is 6.54 Å². The minimum atomic E-state index is 0.581. The maximum Gasteiger partial charge on any atom is 0.0596 e. The standard InChI is InChI=1S/C6H8N2/c1-5-4-6(7)2-3-8-5/h2,4,7H,3H2,1H3. The van der Waals surface area contributed by atoms with Crippen molar-refractivity contribution in [1.82, 2.24) is 11.1 Å². The lowest BCUT2D eigenvalue weighted by molar-refractivity contribution is 0.857. The van der Waals surface area contributed by atoms with Gasteiger partial charge in [-0.2, -0.15) is 0 Å². The molecule has 0 atom stereocenters. The Kier molecular flexibility index (Phi) is 1.24. The minimum Gasteiger partial charge on any atom is -0.301 e. The van der Waals surface area contributed by atoms with E-state index in [1.807, 2.05) is 6.92 Å². The molecule has 0 saturated heterocycles. The van der Waals surface area contributed by atoms with E-state index in [-0.39, 0.29) is 0 Å². The zero-order valence-corrected chi connectivity index (χ0v) is 4.81. The molecule has 0 fully saturated rings. The van der Waals surface area contributed by atoms with Crippen molar-refractivity contribution in [1.29, 1.82) is 0 Å². The minimum absolute atomic E-state index is 0.581. The van der Waals surface area contributed by atoms with Gasteiger partial charge in [0.2, 0.25) is 0 Å². The number of nitrogens with zero attached hydrogens (tertiary/aromatic N) is 1. The first-order valence-electron chi connectivity index (χ1n) is 2.56. The first-order chi connectivity index (χ1) is 3.79. The Labute approximate surface area is 49.1 Å². The molecule has 1 aliphatic heterocycles. The van der Waals surface area contributed by atoms with Crippen LogP contribution in [0.15, 0.2) is 23.5 Å². The second-order valence-corrected chi connectivity index (χ2v) is 1.79. The lowest BCUT2D eigenvalue weighted by atomic mass is 10.3. The van der Waals surface area contributed by atoms with E-state index in [1.54, 1.807) is 12.2 Å². The highest BCUT2D eigenvalue weighted by molar-refractivity contribution is 5.22. The monoisotopic (exact) mass is 108 g/mol. The van der Waals surface area contributed by atoms with Crippen molar-refractivity contribution in [2.24, 2.45) is 0 Å². The van der Waals surface area contributed by atoms with Crippen LogP contribution in [0.4, 0.5) is 0 Å². The number of hydrogen-bond donors (Lipinski definition) is 0. The summed E-state index contributed by atoms with van der Waals surface area (Å²) in [4.78, 5) is 0. The largest absolute Gasteiger partial charge is 0.301 e. The molecular weight excluding hydrogens is 100 g/mol. The summed E-state index contributed by atoms with van der Waals surface area (Å²) in [5.74, 6) is 0. The predicted molar refractivity (Wildman–Crippen MR) is 31.9 cm³/mol. The van der Waals surface area contributed by atoms with E-state index in [0.717, 1.165) is 5.70 Å². The number of rotatable bonds is 0. The molecule has 2 heteroatoms. The van der Waals surface area contributed by atoms with Crippen LogP contribution in [0.25, 0.3) is 0 Å². The topological polar surface area (TPSA) is 37.9 Å². The van der Waals surface area contributed by atoms with E-state index in [2.05, 4.69) is 5.32 Å². The van der Waals surface area contributed by atoms with Gasteiger partial charge in [-0.25, -0.2) is 0 Å². The highest BCUT2D eigenvalue weighted by Gasteiger charge is 1.96. The molecule has 1 aliphatic rings. The molecule has 42 valence electrons. The van der Waals surface area contributed by atoms with Crippen LogP contribution in [0.2, 0.25) is 0 Å². The average molecular weight is 108 g/mol. The fraction of sp³-hybridized carbons (Fsp3) is 0.333. The van der Waals surface area contributed by atoms with Gasteiger partial charge in [0.25, 0.3) is 0 Å². The summed E-state index contributed by atoms with van der Waals surface area (Å²) in [6, 6.07) is 0. The maximum absolute atomic E-state index is 7.13. The zero-order valence-electron chi connectivity index (χ0n) is 4.81. The highest BCUT2D eigenvalue weighted by atomic mass is 14.9. The molecule has 0 unspecified atom stereocenters. The molecule has 1 heterocycles. The Balaban J connectivity index is 2.69. The van der Waals surface area contributed by atoms with Crippen LogP contribution in [0.5, 0.6) is 0 Å². The number of hydrogen-bond acceptors (Lipinski definition) is 0. The smallest absolute Gasteiger partial charge is 0.0596 e. The van der Waals surface area contributed by atoms with Crippen molar-refractivity contribution in [2.45, 2.75) is 6.92 Å². The van der Waals surface area contributed by atoms with Gasteiger partial charge in [-0.15, -0.1) is 0 Å². The molecule has 1 N–H and O–H groups in total. The third-order valence-electron chi connectivity index (χ3n) is 1.02. The Morgan fingerprint density at radius 2 is 2.50 bits per heavy atom. The first kappa shape index (κ1) is 5.22. The summed E-state index contributed by atoms with van der Waals surface area (Å²) in [6.07, 6.45) is 3.54. The summed E-state index contributed by atoms with van der Waals surface area (Å²) >= 11 is 0. The lowest BCUT2D eigenvalue weighted by Gasteiger charge is -2.04. The quantitative estimate of drug-likeness (QED) is 0.437. The van der Waals surface area contributed by atoms with Crippen molar-refractivity contribution in [3.63, 3.8) is 0 Å². The Morgan fingerprint density at radius 1 is 1.75 bits per heavy atom. The van der Waals surface area contributed by atoms with Crippen LogP contribution >= 0.6 is 0 Å². The molecule has 0 bridgehead atoms. The number of nitrogens with one attached hydrogen (secondary N) is 1. The van der Waals surface area contributed by atoms with Crippen LogP contribution in [-0.2, 0) is 0 Å². The summed E-state index contributed by atoms with van der Waals surface area (Å²) in [5, 5.41) is 4.04. The third kappa shape index (κ3) is 1.03. The molecule has 0 aromatic rings. The van der Waals surface area contributed by atoms with E-state index in [9.17, 15) is 0 Å². The van der Waals surface area contributed by atoms with Gasteiger partial charge < -0.3 is 5.73 Å². The van der Waals surface area contributed by atoms with Crippen LogP contribution < -0.4 is 11.1 Å². The average Bonchev–Trinajstić information content (AvgIpc) is 1.64. The van der Waals surface area contributed by atoms with Gasteiger partial charge in [0.15, 0.2) is 0 Å². The van der Waals surface area contributed by atoms with Crippen molar-refractivity contribution in [2.75, 3.05) is 6.54 Å². The maximum atomic E-state index is 7.13. The second kappa shape index (κ2) is 1.90. The fourth-order valence-corrected chi connectivity index (χ4v) is 0.618. The Hall–Kier alpha value is -0.920. The summed E-state index contributed by atoms with van der Waals surface area (Å²) in [5.41, 5.74) is 8.66. The fourth-order valence-electron chi connectivity index (χ4n) is 0.618. The molecule has 8 heavy (non-hydrogen) atoms. The van der Waals surface area contributed by atoms with Crippen molar-refractivity contribution < 1.29 is 0 Å². The van der Waals surface area contributed by atoms with Gasteiger partial charge in [-0.1, -0.05) is 0 Å². The van der Waals surface area contributed by atoms with Crippen LogP contribution in [0.1, 0.15) is 6.92 Å². The van der Waals surface area contributed by atoms with E-state index < -0.39 is 0 Å². The Bertz CT molecular complexity index is 145. The molecule has 2 nitrogen and oxygen atoms in total. The Morgan fingerprint density at radius 3 is 2.88 bits per heavy atom. The highest BCUT2D eigenvalue weighted by Crippen LogP contribution is 2.00. The SMILES string of the molecule is CC1=CC([NH])=CC[N]1. The third-order valence-corrected chi connectivity index (χ3v) is 1.02.